The minimum atomic E-state index is -0.338. The zero-order valence-corrected chi connectivity index (χ0v) is 15.0. The highest BCUT2D eigenvalue weighted by molar-refractivity contribution is 5.86. The molecule has 2 aromatic rings. The first kappa shape index (κ1) is 21.0. The van der Waals surface area contributed by atoms with Crippen molar-refractivity contribution in [3.8, 4) is 47.6 Å². The Hall–Kier alpha value is -5.32. The van der Waals surface area contributed by atoms with Gasteiger partial charge >= 0.3 is 0 Å². The van der Waals surface area contributed by atoms with Crippen LogP contribution in [0.4, 0.5) is 0 Å². The molecule has 0 bridgehead atoms. The summed E-state index contributed by atoms with van der Waals surface area (Å²) in [6, 6.07) is 11.5. The molecule has 2 rings (SSSR count). The molecular weight excluding hydrogens is 388 g/mol. The smallest absolute Gasteiger partial charge is 0.292 e. The van der Waals surface area contributed by atoms with Crippen molar-refractivity contribution < 1.29 is 19.7 Å². The molecule has 0 amide bonds. The normalized spacial score (nSPS) is 11.1. The number of allylic oxidation sites excluding steroid dienone is 2. The van der Waals surface area contributed by atoms with Gasteiger partial charge in [-0.2, -0.15) is 10.5 Å². The maximum absolute atomic E-state index is 9.91. The third-order valence-electron chi connectivity index (χ3n) is 3.43. The SMILES string of the molecule is N#COc1ccc(C=N/C(C#N)=C(/C#N)N=Cc2ccc(OC#N)cc2O)c(O)c1. The van der Waals surface area contributed by atoms with Crippen molar-refractivity contribution in [3.05, 3.63) is 58.9 Å². The summed E-state index contributed by atoms with van der Waals surface area (Å²) in [6.45, 7) is 0. The second-order valence-corrected chi connectivity index (χ2v) is 5.27. The Bertz CT molecular complexity index is 1120. The van der Waals surface area contributed by atoms with E-state index in [1.54, 1.807) is 12.1 Å². The molecule has 0 saturated heterocycles. The number of aliphatic imine (C=N–C) groups is 2. The molecule has 0 aliphatic carbocycles. The third-order valence-corrected chi connectivity index (χ3v) is 3.43. The molecule has 30 heavy (non-hydrogen) atoms. The fourth-order valence-corrected chi connectivity index (χ4v) is 2.05. The summed E-state index contributed by atoms with van der Waals surface area (Å²) in [7, 11) is 0. The lowest BCUT2D eigenvalue weighted by Crippen LogP contribution is -1.90. The Labute approximate surface area is 170 Å². The molecule has 0 heterocycles. The molecule has 0 spiro atoms. The van der Waals surface area contributed by atoms with Gasteiger partial charge in [-0.3, -0.25) is 0 Å². The fraction of sp³-hybridized carbons (Fsp3) is 0. The minimum absolute atomic E-state index is 0.122. The van der Waals surface area contributed by atoms with Crippen LogP contribution in [0.2, 0.25) is 0 Å². The highest BCUT2D eigenvalue weighted by Crippen LogP contribution is 2.24. The maximum Gasteiger partial charge on any atom is 0.292 e. The summed E-state index contributed by atoms with van der Waals surface area (Å²) >= 11 is 0. The molecule has 0 aromatic heterocycles. The number of rotatable bonds is 6. The zero-order chi connectivity index (χ0) is 21.9. The van der Waals surface area contributed by atoms with Gasteiger partial charge in [-0.25, -0.2) is 9.98 Å². The summed E-state index contributed by atoms with van der Waals surface area (Å²) in [6.07, 6.45) is 5.22. The van der Waals surface area contributed by atoms with Crippen LogP contribution in [0.5, 0.6) is 23.0 Å². The minimum Gasteiger partial charge on any atom is -0.507 e. The lowest BCUT2D eigenvalue weighted by molar-refractivity contribution is 0.461. The maximum atomic E-state index is 9.91. The molecule has 2 aromatic carbocycles. The summed E-state index contributed by atoms with van der Waals surface area (Å²) in [4.78, 5) is 7.73. The van der Waals surface area contributed by atoms with Crippen molar-refractivity contribution in [3.63, 3.8) is 0 Å². The third kappa shape index (κ3) is 5.34. The van der Waals surface area contributed by atoms with E-state index in [9.17, 15) is 20.7 Å². The number of nitriles is 4. The van der Waals surface area contributed by atoms with E-state index in [-0.39, 0.29) is 45.5 Å². The van der Waals surface area contributed by atoms with Crippen LogP contribution in [-0.4, -0.2) is 22.6 Å². The van der Waals surface area contributed by atoms with Gasteiger partial charge in [0.05, 0.1) is 0 Å². The van der Waals surface area contributed by atoms with E-state index in [2.05, 4.69) is 19.5 Å². The number of hydrogen-bond donors (Lipinski definition) is 2. The quantitative estimate of drug-likeness (QED) is 0.423. The molecule has 10 nitrogen and oxygen atoms in total. The van der Waals surface area contributed by atoms with Crippen LogP contribution in [0, 0.1) is 45.7 Å². The average molecular weight is 398 g/mol. The van der Waals surface area contributed by atoms with Crippen LogP contribution in [0.1, 0.15) is 11.1 Å². The highest BCUT2D eigenvalue weighted by atomic mass is 16.5. The summed E-state index contributed by atoms with van der Waals surface area (Å²) in [5, 5.41) is 55.3. The van der Waals surface area contributed by atoms with E-state index in [0.29, 0.717) is 0 Å². The van der Waals surface area contributed by atoms with Crippen molar-refractivity contribution >= 4 is 12.4 Å². The summed E-state index contributed by atoms with van der Waals surface area (Å²) in [5.74, 6) is -0.265. The number of benzene rings is 2. The van der Waals surface area contributed by atoms with E-state index >= 15 is 0 Å². The van der Waals surface area contributed by atoms with E-state index in [4.69, 9.17) is 10.5 Å². The van der Waals surface area contributed by atoms with Gasteiger partial charge < -0.3 is 19.7 Å². The molecule has 0 radical (unpaired) electrons. The first-order chi connectivity index (χ1) is 14.5. The van der Waals surface area contributed by atoms with Crippen LogP contribution >= 0.6 is 0 Å². The van der Waals surface area contributed by atoms with Gasteiger partial charge in [0.1, 0.15) is 35.1 Å². The lowest BCUT2D eigenvalue weighted by Gasteiger charge is -2.01. The van der Waals surface area contributed by atoms with E-state index in [1.165, 1.54) is 48.9 Å². The number of phenolic OH excluding ortho intramolecular Hbond substituents is 2. The van der Waals surface area contributed by atoms with Gasteiger partial charge in [0.2, 0.25) is 0 Å². The first-order valence-corrected chi connectivity index (χ1v) is 7.93. The number of nitrogens with zero attached hydrogens (tertiary/aromatic N) is 6. The summed E-state index contributed by atoms with van der Waals surface area (Å²) in [5.41, 5.74) is -0.260. The number of hydrogen-bond acceptors (Lipinski definition) is 10. The lowest BCUT2D eigenvalue weighted by atomic mass is 10.2. The Morgan fingerprint density at radius 1 is 0.733 bits per heavy atom. The monoisotopic (exact) mass is 398 g/mol. The summed E-state index contributed by atoms with van der Waals surface area (Å²) < 4.78 is 9.16. The van der Waals surface area contributed by atoms with Crippen LogP contribution in [-0.2, 0) is 0 Å². The number of ether oxygens (including phenoxy) is 2. The molecule has 0 fully saturated rings. The van der Waals surface area contributed by atoms with Crippen LogP contribution < -0.4 is 9.47 Å². The predicted molar refractivity (Wildman–Crippen MR) is 102 cm³/mol. The molecule has 0 atom stereocenters. The van der Waals surface area contributed by atoms with Gasteiger partial charge in [0, 0.05) is 35.7 Å². The van der Waals surface area contributed by atoms with Gasteiger partial charge in [-0.05, 0) is 24.3 Å². The number of phenols is 2. The van der Waals surface area contributed by atoms with Gasteiger partial charge in [-0.15, -0.1) is 10.5 Å². The second kappa shape index (κ2) is 10.1. The van der Waals surface area contributed by atoms with Crippen LogP contribution in [0.25, 0.3) is 0 Å². The van der Waals surface area contributed by atoms with Crippen LogP contribution in [0.15, 0.2) is 57.8 Å². The van der Waals surface area contributed by atoms with Crippen molar-refractivity contribution in [1.82, 2.24) is 0 Å². The fourth-order valence-electron chi connectivity index (χ4n) is 2.05. The van der Waals surface area contributed by atoms with E-state index < -0.39 is 0 Å². The largest absolute Gasteiger partial charge is 0.507 e. The Morgan fingerprint density at radius 2 is 1.13 bits per heavy atom. The average Bonchev–Trinajstić information content (AvgIpc) is 2.73. The standard InChI is InChI=1S/C20H10N6O4/c21-7-17(25-9-13-1-3-15(29-11-23)5-19(13)27)18(8-22)26-10-14-2-4-16(30-12-24)6-20(14)28/h1-6,9-10,27-28H/b18-17-,25-9?,26-10?. The highest BCUT2D eigenvalue weighted by Gasteiger charge is 2.07. The van der Waals surface area contributed by atoms with Gasteiger partial charge in [0.15, 0.2) is 11.4 Å². The van der Waals surface area contributed by atoms with Crippen molar-refractivity contribution in [2.24, 2.45) is 9.98 Å². The molecule has 144 valence electrons. The van der Waals surface area contributed by atoms with Gasteiger partial charge in [-0.1, -0.05) is 0 Å². The van der Waals surface area contributed by atoms with Gasteiger partial charge in [0.25, 0.3) is 12.5 Å². The van der Waals surface area contributed by atoms with E-state index in [0.717, 1.165) is 12.4 Å². The second-order valence-electron chi connectivity index (χ2n) is 5.27. The molecule has 0 aliphatic heterocycles. The van der Waals surface area contributed by atoms with Crippen molar-refractivity contribution in [2.75, 3.05) is 0 Å². The Kier molecular flexibility index (Phi) is 7.08. The molecule has 10 heteroatoms. The van der Waals surface area contributed by atoms with E-state index in [1.807, 2.05) is 0 Å². The van der Waals surface area contributed by atoms with Crippen molar-refractivity contribution in [1.29, 1.82) is 21.0 Å². The zero-order valence-electron chi connectivity index (χ0n) is 15.0. The number of aromatic hydroxyl groups is 2. The molecular formula is C20H10N6O4. The molecule has 0 unspecified atom stereocenters. The topological polar surface area (TPSA) is 179 Å². The predicted octanol–water partition coefficient (Wildman–Crippen LogP) is 2.61. The Balaban J connectivity index is 2.31. The molecule has 0 saturated carbocycles. The molecule has 2 N–H and O–H groups in total. The molecule has 0 aliphatic rings. The van der Waals surface area contributed by atoms with Crippen molar-refractivity contribution in [2.45, 2.75) is 0 Å². The van der Waals surface area contributed by atoms with Crippen LogP contribution in [0.3, 0.4) is 0 Å². The Morgan fingerprint density at radius 3 is 1.43 bits per heavy atom. The first-order valence-electron chi connectivity index (χ1n) is 7.93.